The predicted octanol–water partition coefficient (Wildman–Crippen LogP) is 7.09. The van der Waals surface area contributed by atoms with Gasteiger partial charge in [0.1, 0.15) is 17.9 Å². The van der Waals surface area contributed by atoms with Crippen LogP contribution in [0, 0.1) is 34.0 Å². The van der Waals surface area contributed by atoms with Crippen molar-refractivity contribution in [2.24, 2.45) is 22.7 Å². The molecule has 2 aromatic carbocycles. The zero-order valence-corrected chi connectivity index (χ0v) is 25.3. The van der Waals surface area contributed by atoms with E-state index in [0.29, 0.717) is 28.7 Å². The summed E-state index contributed by atoms with van der Waals surface area (Å²) in [5.74, 6) is 2.49. The molecule has 2 heterocycles. The van der Waals surface area contributed by atoms with Gasteiger partial charge in [-0.3, -0.25) is 4.79 Å². The maximum Gasteiger partial charge on any atom is 0.163 e. The monoisotopic (exact) mass is 561 g/mol. The highest BCUT2D eigenvalue weighted by Gasteiger charge is 2.63. The lowest BCUT2D eigenvalue weighted by molar-refractivity contribution is -0.196. The van der Waals surface area contributed by atoms with Crippen molar-refractivity contribution < 1.29 is 9.53 Å². The van der Waals surface area contributed by atoms with E-state index in [1.165, 1.54) is 64.0 Å². The minimum atomic E-state index is -0.179. The predicted molar refractivity (Wildman–Crippen MR) is 161 cm³/mol. The van der Waals surface area contributed by atoms with Crippen molar-refractivity contribution in [3.63, 3.8) is 0 Å². The van der Waals surface area contributed by atoms with Crippen LogP contribution in [0.1, 0.15) is 87.2 Å². The van der Waals surface area contributed by atoms with E-state index >= 15 is 0 Å². The number of carbonyl (C=O) groups is 1. The number of benzene rings is 2. The maximum absolute atomic E-state index is 13.4. The molecule has 1 saturated carbocycles. The molecule has 5 nitrogen and oxygen atoms in total. The first-order valence-electron chi connectivity index (χ1n) is 15.0. The molecule has 3 fully saturated rings. The Bertz CT molecular complexity index is 1220. The molecule has 214 valence electrons. The number of carbonyl (C=O) groups excluding carboxylic acids is 1. The lowest BCUT2D eigenvalue weighted by atomic mass is 9.44. The molecule has 0 amide bonds. The fraction of sp³-hybridized carbons (Fsp3) is 0.588. The molecule has 5 rings (SSSR count). The van der Waals surface area contributed by atoms with Gasteiger partial charge in [-0.1, -0.05) is 63.6 Å². The Balaban J connectivity index is 1.15. The molecule has 2 aliphatic heterocycles. The molecular weight excluding hydrogens is 518 g/mol. The summed E-state index contributed by atoms with van der Waals surface area (Å²) in [5.41, 5.74) is 2.26. The number of halogens is 1. The zero-order valence-electron chi connectivity index (χ0n) is 24.5. The number of hydrogen-bond acceptors (Lipinski definition) is 5. The van der Waals surface area contributed by atoms with E-state index in [2.05, 4.69) is 56.1 Å². The van der Waals surface area contributed by atoms with E-state index < -0.39 is 0 Å². The third kappa shape index (κ3) is 5.96. The van der Waals surface area contributed by atoms with Crippen LogP contribution in [0.15, 0.2) is 42.5 Å². The van der Waals surface area contributed by atoms with E-state index in [4.69, 9.17) is 21.6 Å². The summed E-state index contributed by atoms with van der Waals surface area (Å²) in [5, 5.41) is 13.0. The van der Waals surface area contributed by atoms with Gasteiger partial charge in [-0.2, -0.15) is 5.26 Å². The number of ether oxygens (including phenoxy) is 1. The average Bonchev–Trinajstić information content (AvgIpc) is 2.95. The Morgan fingerprint density at radius 3 is 2.27 bits per heavy atom. The molecule has 6 heteroatoms. The van der Waals surface area contributed by atoms with Crippen LogP contribution >= 0.6 is 11.6 Å². The number of nitriles is 1. The normalized spacial score (nSPS) is 25.1. The van der Waals surface area contributed by atoms with E-state index in [1.54, 1.807) is 18.2 Å². The molecule has 1 aliphatic carbocycles. The molecule has 1 N–H and O–H groups in total. The number of likely N-dealkylation sites (tertiary alicyclic amines) is 1. The van der Waals surface area contributed by atoms with Gasteiger partial charge in [-0.25, -0.2) is 0 Å². The minimum absolute atomic E-state index is 0.0650. The van der Waals surface area contributed by atoms with Crippen LogP contribution in [0.5, 0.6) is 5.75 Å². The van der Waals surface area contributed by atoms with Crippen molar-refractivity contribution in [1.29, 1.82) is 5.26 Å². The molecule has 40 heavy (non-hydrogen) atoms. The summed E-state index contributed by atoms with van der Waals surface area (Å²) in [4.78, 5) is 16.1. The molecule has 2 saturated heterocycles. The lowest BCUT2D eigenvalue weighted by Crippen LogP contribution is -2.66. The van der Waals surface area contributed by atoms with Crippen molar-refractivity contribution in [2.75, 3.05) is 32.7 Å². The van der Waals surface area contributed by atoms with Crippen LogP contribution < -0.4 is 10.1 Å². The highest BCUT2D eigenvalue weighted by Crippen LogP contribution is 2.61. The second kappa shape index (κ2) is 11.8. The Morgan fingerprint density at radius 2 is 1.68 bits per heavy atom. The zero-order chi connectivity index (χ0) is 28.5. The fourth-order valence-corrected chi connectivity index (χ4v) is 8.15. The smallest absolute Gasteiger partial charge is 0.163 e. The van der Waals surface area contributed by atoms with E-state index in [9.17, 15) is 4.79 Å². The third-order valence-corrected chi connectivity index (χ3v) is 10.4. The largest absolute Gasteiger partial charge is 0.489 e. The van der Waals surface area contributed by atoms with Gasteiger partial charge in [0.05, 0.1) is 10.6 Å². The van der Waals surface area contributed by atoms with Crippen molar-refractivity contribution in [2.45, 2.75) is 71.8 Å². The number of nitrogens with zero attached hydrogens (tertiary/aromatic N) is 2. The summed E-state index contributed by atoms with van der Waals surface area (Å²) in [6.07, 6.45) is 5.46. The topological polar surface area (TPSA) is 65.4 Å². The quantitative estimate of drug-likeness (QED) is 0.348. The first kappa shape index (κ1) is 29.1. The van der Waals surface area contributed by atoms with Gasteiger partial charge in [0.15, 0.2) is 5.78 Å². The highest BCUT2D eigenvalue weighted by molar-refractivity contribution is 6.31. The van der Waals surface area contributed by atoms with Gasteiger partial charge in [0, 0.05) is 35.4 Å². The number of Topliss-reactive ketones (excluding diaryl/α,β-unsaturated/α-hetero) is 1. The molecule has 0 atom stereocenters. The van der Waals surface area contributed by atoms with Gasteiger partial charge in [-0.15, -0.1) is 0 Å². The molecule has 3 aliphatic rings. The number of rotatable bonds is 8. The molecule has 0 spiro atoms. The number of nitrogens with one attached hydrogen (secondary N) is 1. The van der Waals surface area contributed by atoms with E-state index in [1.807, 2.05) is 12.1 Å². The summed E-state index contributed by atoms with van der Waals surface area (Å²) in [7, 11) is 0. The van der Waals surface area contributed by atoms with E-state index in [0.717, 1.165) is 11.5 Å². The first-order valence-corrected chi connectivity index (χ1v) is 15.4. The standard InChI is InChI=1S/C34H44ClN3O2/c1-33(2)31(34(3,4)32(33)40-28-10-9-27(21-36)29(35)19-28)20-30(39)26-7-5-24(6-8-26)25-13-17-38(18-14-25)22-23-11-15-37-16-12-23/h5-10,19,23,25,31-32,37H,11-18,20,22H2,1-4H3. The van der Waals surface area contributed by atoms with Crippen LogP contribution in [0.2, 0.25) is 5.02 Å². The SMILES string of the molecule is CC1(C)C(CC(=O)c2ccc(C3CCN(CC4CCNCC4)CC3)cc2)C(C)(C)C1Oc1ccc(C#N)c(Cl)c1. The summed E-state index contributed by atoms with van der Waals surface area (Å²) >= 11 is 6.23. The third-order valence-electron chi connectivity index (χ3n) is 10.1. The van der Waals surface area contributed by atoms with Gasteiger partial charge < -0.3 is 15.0 Å². The van der Waals surface area contributed by atoms with Gasteiger partial charge in [-0.05, 0) is 87.3 Å². The summed E-state index contributed by atoms with van der Waals surface area (Å²) in [6, 6.07) is 15.8. The van der Waals surface area contributed by atoms with Gasteiger partial charge in [0.2, 0.25) is 0 Å². The fourth-order valence-electron chi connectivity index (χ4n) is 7.94. The summed E-state index contributed by atoms with van der Waals surface area (Å²) < 4.78 is 6.40. The molecule has 0 bridgehead atoms. The van der Waals surface area contributed by atoms with Crippen LogP contribution in [0.4, 0.5) is 0 Å². The Morgan fingerprint density at radius 1 is 1.02 bits per heavy atom. The number of hydrogen-bond donors (Lipinski definition) is 1. The van der Waals surface area contributed by atoms with Crippen LogP contribution in [-0.4, -0.2) is 49.5 Å². The average molecular weight is 562 g/mol. The minimum Gasteiger partial charge on any atom is -0.489 e. The van der Waals surface area contributed by atoms with Crippen LogP contribution in [-0.2, 0) is 0 Å². The molecular formula is C34H44ClN3O2. The maximum atomic E-state index is 13.4. The molecule has 0 radical (unpaired) electrons. The Kier molecular flexibility index (Phi) is 8.62. The lowest BCUT2D eigenvalue weighted by Gasteiger charge is -2.63. The van der Waals surface area contributed by atoms with Crippen LogP contribution in [0.25, 0.3) is 0 Å². The van der Waals surface area contributed by atoms with Crippen molar-refractivity contribution >= 4 is 17.4 Å². The van der Waals surface area contributed by atoms with Crippen molar-refractivity contribution in [3.8, 4) is 11.8 Å². The summed E-state index contributed by atoms with van der Waals surface area (Å²) in [6.45, 7) is 14.7. The van der Waals surface area contributed by atoms with Crippen molar-refractivity contribution in [3.05, 3.63) is 64.2 Å². The second-order valence-electron chi connectivity index (χ2n) is 13.5. The van der Waals surface area contributed by atoms with Gasteiger partial charge >= 0.3 is 0 Å². The molecule has 2 aromatic rings. The van der Waals surface area contributed by atoms with E-state index in [-0.39, 0.29) is 28.6 Å². The Labute approximate surface area is 245 Å². The first-order chi connectivity index (χ1) is 19.1. The second-order valence-corrected chi connectivity index (χ2v) is 13.9. The molecule has 0 unspecified atom stereocenters. The number of piperidine rings is 2. The van der Waals surface area contributed by atoms with Gasteiger partial charge in [0.25, 0.3) is 0 Å². The highest BCUT2D eigenvalue weighted by atomic mass is 35.5. The van der Waals surface area contributed by atoms with Crippen molar-refractivity contribution in [1.82, 2.24) is 10.2 Å². The Hall–Kier alpha value is -2.39. The molecule has 0 aromatic heterocycles. The number of ketones is 1. The van der Waals surface area contributed by atoms with Crippen LogP contribution in [0.3, 0.4) is 0 Å².